The van der Waals surface area contributed by atoms with E-state index in [1.807, 2.05) is 30.3 Å². The summed E-state index contributed by atoms with van der Waals surface area (Å²) in [5, 5.41) is 4.30. The predicted octanol–water partition coefficient (Wildman–Crippen LogP) is 3.15. The van der Waals surface area contributed by atoms with Gasteiger partial charge >= 0.3 is 0 Å². The fourth-order valence-corrected chi connectivity index (χ4v) is 4.47. The minimum absolute atomic E-state index is 0.0893. The van der Waals surface area contributed by atoms with E-state index >= 15 is 0 Å². The number of nitrogens with one attached hydrogen (secondary N) is 1. The van der Waals surface area contributed by atoms with Gasteiger partial charge in [0.1, 0.15) is 5.75 Å². The van der Waals surface area contributed by atoms with Crippen molar-refractivity contribution in [2.45, 2.75) is 31.8 Å². The van der Waals surface area contributed by atoms with Gasteiger partial charge in [0.05, 0.1) is 6.20 Å². The van der Waals surface area contributed by atoms with Gasteiger partial charge in [-0.1, -0.05) is 29.5 Å². The maximum absolute atomic E-state index is 12.6. The molecule has 1 amide bonds. The fourth-order valence-electron chi connectivity index (χ4n) is 3.77. The molecule has 5 rings (SSSR count). The van der Waals surface area contributed by atoms with E-state index in [1.165, 1.54) is 24.2 Å². The van der Waals surface area contributed by atoms with Gasteiger partial charge in [-0.05, 0) is 50.9 Å². The SMILES string of the molecule is CC1C(NC(=O)c2ncc(Oc3ccccc3)s2)C2CCN1CC2. The highest BCUT2D eigenvalue weighted by atomic mass is 32.1. The summed E-state index contributed by atoms with van der Waals surface area (Å²) in [6.07, 6.45) is 3.97. The zero-order chi connectivity index (χ0) is 16.5. The molecule has 0 spiro atoms. The summed E-state index contributed by atoms with van der Waals surface area (Å²) in [5.41, 5.74) is 0. The monoisotopic (exact) mass is 343 g/mol. The average molecular weight is 343 g/mol. The van der Waals surface area contributed by atoms with Crippen LogP contribution >= 0.6 is 11.3 Å². The van der Waals surface area contributed by atoms with Crippen LogP contribution in [0.15, 0.2) is 36.5 Å². The third-order valence-corrected chi connectivity index (χ3v) is 5.99. The van der Waals surface area contributed by atoms with Crippen LogP contribution in [0.5, 0.6) is 10.8 Å². The summed E-state index contributed by atoms with van der Waals surface area (Å²) in [4.78, 5) is 19.3. The first-order valence-corrected chi connectivity index (χ1v) is 9.26. The number of amides is 1. The van der Waals surface area contributed by atoms with Crippen molar-refractivity contribution >= 4 is 17.2 Å². The molecule has 2 bridgehead atoms. The number of hydrogen-bond acceptors (Lipinski definition) is 5. The second-order valence-corrected chi connectivity index (χ2v) is 7.51. The van der Waals surface area contributed by atoms with Gasteiger partial charge < -0.3 is 10.1 Å². The van der Waals surface area contributed by atoms with Crippen molar-refractivity contribution in [2.24, 2.45) is 5.92 Å². The van der Waals surface area contributed by atoms with Crippen molar-refractivity contribution < 1.29 is 9.53 Å². The Kier molecular flexibility index (Phi) is 4.24. The second kappa shape index (κ2) is 6.53. The molecule has 126 valence electrons. The minimum atomic E-state index is -0.0893. The minimum Gasteiger partial charge on any atom is -0.445 e. The second-order valence-electron chi connectivity index (χ2n) is 6.51. The maximum Gasteiger partial charge on any atom is 0.280 e. The number of piperidine rings is 3. The summed E-state index contributed by atoms with van der Waals surface area (Å²) < 4.78 is 5.74. The van der Waals surface area contributed by atoms with Crippen molar-refractivity contribution in [3.63, 3.8) is 0 Å². The van der Waals surface area contributed by atoms with E-state index in [1.54, 1.807) is 6.20 Å². The number of ether oxygens (including phenoxy) is 1. The molecule has 0 saturated carbocycles. The molecule has 24 heavy (non-hydrogen) atoms. The summed E-state index contributed by atoms with van der Waals surface area (Å²) in [6, 6.07) is 10.2. The van der Waals surface area contributed by atoms with Gasteiger partial charge in [0, 0.05) is 12.1 Å². The fraction of sp³-hybridized carbons (Fsp3) is 0.444. The standard InChI is InChI=1S/C18H21N3O2S/c1-12-16(13-7-9-21(12)10-8-13)20-17(22)18-19-11-15(24-18)23-14-5-3-2-4-6-14/h2-6,11-13,16H,7-10H2,1H3,(H,20,22). The highest BCUT2D eigenvalue weighted by Gasteiger charge is 2.40. The zero-order valence-electron chi connectivity index (χ0n) is 13.6. The molecule has 1 N–H and O–H groups in total. The van der Waals surface area contributed by atoms with E-state index in [2.05, 4.69) is 22.1 Å². The zero-order valence-corrected chi connectivity index (χ0v) is 14.5. The molecule has 5 nitrogen and oxygen atoms in total. The quantitative estimate of drug-likeness (QED) is 0.926. The Morgan fingerprint density at radius 2 is 2.04 bits per heavy atom. The number of carbonyl (C=O) groups is 1. The number of aromatic nitrogens is 1. The lowest BCUT2D eigenvalue weighted by atomic mass is 9.79. The molecular weight excluding hydrogens is 322 g/mol. The molecule has 2 aromatic rings. The molecule has 4 heterocycles. The van der Waals surface area contributed by atoms with Crippen LogP contribution < -0.4 is 10.1 Å². The number of nitrogens with zero attached hydrogens (tertiary/aromatic N) is 2. The van der Waals surface area contributed by atoms with E-state index in [-0.39, 0.29) is 11.9 Å². The van der Waals surface area contributed by atoms with E-state index in [4.69, 9.17) is 4.74 Å². The molecule has 1 aromatic heterocycles. The molecule has 6 heteroatoms. The molecule has 0 radical (unpaired) electrons. The molecule has 3 aliphatic heterocycles. The highest BCUT2D eigenvalue weighted by molar-refractivity contribution is 7.15. The van der Waals surface area contributed by atoms with Gasteiger partial charge in [-0.15, -0.1) is 0 Å². The van der Waals surface area contributed by atoms with E-state index in [9.17, 15) is 4.79 Å². The van der Waals surface area contributed by atoms with Crippen molar-refractivity contribution in [3.8, 4) is 10.8 Å². The van der Waals surface area contributed by atoms with Crippen LogP contribution in [0.1, 0.15) is 29.6 Å². The van der Waals surface area contributed by atoms with Crippen molar-refractivity contribution in [3.05, 3.63) is 41.5 Å². The Bertz CT molecular complexity index is 708. The Labute approximate surface area is 145 Å². The summed E-state index contributed by atoms with van der Waals surface area (Å²) in [5.74, 6) is 1.25. The third-order valence-electron chi connectivity index (χ3n) is 5.12. The number of rotatable bonds is 4. The lowest BCUT2D eigenvalue weighted by Gasteiger charge is -2.49. The van der Waals surface area contributed by atoms with Crippen molar-refractivity contribution in [1.29, 1.82) is 0 Å². The van der Waals surface area contributed by atoms with Crippen molar-refractivity contribution in [1.82, 2.24) is 15.2 Å². The molecule has 0 aliphatic carbocycles. The Morgan fingerprint density at radius 3 is 2.75 bits per heavy atom. The van der Waals surface area contributed by atoms with Gasteiger partial charge in [0.15, 0.2) is 5.01 Å². The van der Waals surface area contributed by atoms with Gasteiger partial charge in [-0.3, -0.25) is 9.69 Å². The van der Waals surface area contributed by atoms with E-state index in [0.717, 1.165) is 18.8 Å². The summed E-state index contributed by atoms with van der Waals surface area (Å²) >= 11 is 1.29. The molecular formula is C18H21N3O2S. The molecule has 3 saturated heterocycles. The van der Waals surface area contributed by atoms with Crippen molar-refractivity contribution in [2.75, 3.05) is 13.1 Å². The molecule has 3 fully saturated rings. The first-order chi connectivity index (χ1) is 11.7. The lowest BCUT2D eigenvalue weighted by Crippen LogP contribution is -2.62. The largest absolute Gasteiger partial charge is 0.445 e. The Hall–Kier alpha value is -1.92. The van der Waals surface area contributed by atoms with Crippen LogP contribution in [0, 0.1) is 5.92 Å². The topological polar surface area (TPSA) is 54.5 Å². The first kappa shape index (κ1) is 15.6. The smallest absolute Gasteiger partial charge is 0.280 e. The molecule has 2 unspecified atom stereocenters. The molecule has 3 aliphatic rings. The number of carbonyl (C=O) groups excluding carboxylic acids is 1. The number of thiazole rings is 1. The van der Waals surface area contributed by atoms with E-state index < -0.39 is 0 Å². The predicted molar refractivity (Wildman–Crippen MR) is 93.6 cm³/mol. The molecule has 1 aromatic carbocycles. The van der Waals surface area contributed by atoms with Crippen LogP contribution in [0.25, 0.3) is 0 Å². The van der Waals surface area contributed by atoms with Crippen LogP contribution in [0.3, 0.4) is 0 Å². The van der Waals surface area contributed by atoms with Crippen LogP contribution in [0.2, 0.25) is 0 Å². The first-order valence-electron chi connectivity index (χ1n) is 8.44. The van der Waals surface area contributed by atoms with Crippen LogP contribution in [0.4, 0.5) is 0 Å². The molecule has 2 atom stereocenters. The van der Waals surface area contributed by atoms with E-state index in [0.29, 0.717) is 22.0 Å². The lowest BCUT2D eigenvalue weighted by molar-refractivity contribution is 0.0217. The number of hydrogen-bond donors (Lipinski definition) is 1. The van der Waals surface area contributed by atoms with Gasteiger partial charge in [0.25, 0.3) is 5.91 Å². The number of benzene rings is 1. The number of fused-ring (bicyclic) bond motifs is 3. The summed E-state index contributed by atoms with van der Waals surface area (Å²) in [7, 11) is 0. The maximum atomic E-state index is 12.6. The highest BCUT2D eigenvalue weighted by Crippen LogP contribution is 2.33. The third kappa shape index (κ3) is 3.03. The summed E-state index contributed by atoms with van der Waals surface area (Å²) in [6.45, 7) is 4.52. The van der Waals surface area contributed by atoms with Gasteiger partial charge in [0.2, 0.25) is 5.06 Å². The Balaban J connectivity index is 1.42. The normalized spacial score (nSPS) is 28.5. The average Bonchev–Trinajstić information content (AvgIpc) is 3.08. The van der Waals surface area contributed by atoms with Gasteiger partial charge in [-0.2, -0.15) is 0 Å². The van der Waals surface area contributed by atoms with Gasteiger partial charge in [-0.25, -0.2) is 4.98 Å². The Morgan fingerprint density at radius 1 is 1.29 bits per heavy atom. The van der Waals surface area contributed by atoms with Crippen LogP contribution in [-0.4, -0.2) is 41.0 Å². The number of para-hydroxylation sites is 1. The van der Waals surface area contributed by atoms with Crippen LogP contribution in [-0.2, 0) is 0 Å².